The first-order valence-corrected chi connectivity index (χ1v) is 8.65. The summed E-state index contributed by atoms with van der Waals surface area (Å²) in [7, 11) is 0. The maximum absolute atomic E-state index is 4.39. The normalized spacial score (nSPS) is 29.2. The van der Waals surface area contributed by atoms with E-state index in [-0.39, 0.29) is 0 Å². The van der Waals surface area contributed by atoms with Gasteiger partial charge in [-0.2, -0.15) is 0 Å². The molecule has 0 N–H and O–H groups in total. The van der Waals surface area contributed by atoms with Crippen LogP contribution in [0.25, 0.3) is 5.57 Å². The highest BCUT2D eigenvalue weighted by Crippen LogP contribution is 2.50. The second kappa shape index (κ2) is 5.53. The molecule has 0 nitrogen and oxygen atoms in total. The van der Waals surface area contributed by atoms with E-state index in [0.717, 1.165) is 12.8 Å². The van der Waals surface area contributed by atoms with Crippen molar-refractivity contribution in [1.82, 2.24) is 0 Å². The summed E-state index contributed by atoms with van der Waals surface area (Å²) in [6, 6.07) is 8.79. The number of aryl methyl sites for hydroxylation is 1. The largest absolute Gasteiger partial charge is 0.0955 e. The molecular weight excluding hydrogens is 276 g/mol. The summed E-state index contributed by atoms with van der Waals surface area (Å²) in [5.41, 5.74) is 8.58. The molecule has 3 atom stereocenters. The summed E-state index contributed by atoms with van der Waals surface area (Å²) < 4.78 is 0. The van der Waals surface area contributed by atoms with E-state index in [0.29, 0.717) is 17.8 Å². The van der Waals surface area contributed by atoms with Gasteiger partial charge in [0.2, 0.25) is 0 Å². The number of fused-ring (bicyclic) bond motifs is 3. The van der Waals surface area contributed by atoms with Crippen molar-refractivity contribution in [3.05, 3.63) is 89.1 Å². The molecule has 1 saturated carbocycles. The third-order valence-corrected chi connectivity index (χ3v) is 5.79. The molecule has 3 aliphatic carbocycles. The van der Waals surface area contributed by atoms with Crippen LogP contribution >= 0.6 is 0 Å². The molecule has 4 rings (SSSR count). The molecule has 0 amide bonds. The summed E-state index contributed by atoms with van der Waals surface area (Å²) in [4.78, 5) is 0. The van der Waals surface area contributed by atoms with Crippen LogP contribution in [0.15, 0.2) is 77.9 Å². The molecule has 0 aromatic heterocycles. The van der Waals surface area contributed by atoms with Crippen LogP contribution in [0.2, 0.25) is 0 Å². The monoisotopic (exact) mass is 300 g/mol. The van der Waals surface area contributed by atoms with Crippen molar-refractivity contribution in [2.45, 2.75) is 26.7 Å². The number of hydrogen-bond donors (Lipinski definition) is 0. The summed E-state index contributed by atoms with van der Waals surface area (Å²) in [5, 5.41) is 0. The van der Waals surface area contributed by atoms with Gasteiger partial charge in [0.1, 0.15) is 0 Å². The minimum atomic E-state index is 0.584. The fraction of sp³-hybridized carbons (Fsp3) is 0.304. The molecule has 0 aliphatic heterocycles. The Morgan fingerprint density at radius 1 is 1.00 bits per heavy atom. The lowest BCUT2D eigenvalue weighted by molar-refractivity contribution is 0.328. The second-order valence-corrected chi connectivity index (χ2v) is 7.21. The number of benzene rings is 1. The molecule has 0 radical (unpaired) electrons. The van der Waals surface area contributed by atoms with Crippen molar-refractivity contribution in [3.63, 3.8) is 0 Å². The van der Waals surface area contributed by atoms with Gasteiger partial charge in [0.25, 0.3) is 0 Å². The summed E-state index contributed by atoms with van der Waals surface area (Å²) >= 11 is 0. The highest BCUT2D eigenvalue weighted by Gasteiger charge is 2.38. The van der Waals surface area contributed by atoms with Crippen molar-refractivity contribution in [3.8, 4) is 0 Å². The Bertz CT molecular complexity index is 782. The molecule has 0 bridgehead atoms. The second-order valence-electron chi connectivity index (χ2n) is 7.21. The SMILES string of the molecule is C=C1CC2C=CC=CC2C2CC(c3ccccc3C)=C(C)C=C12. The van der Waals surface area contributed by atoms with Crippen LogP contribution in [0.5, 0.6) is 0 Å². The van der Waals surface area contributed by atoms with Gasteiger partial charge < -0.3 is 0 Å². The molecule has 3 unspecified atom stereocenters. The molecule has 0 heterocycles. The van der Waals surface area contributed by atoms with E-state index >= 15 is 0 Å². The van der Waals surface area contributed by atoms with E-state index in [9.17, 15) is 0 Å². The highest BCUT2D eigenvalue weighted by molar-refractivity contribution is 5.75. The maximum Gasteiger partial charge on any atom is -0.00497 e. The van der Waals surface area contributed by atoms with Gasteiger partial charge in [-0.25, -0.2) is 0 Å². The predicted molar refractivity (Wildman–Crippen MR) is 99.0 cm³/mol. The number of rotatable bonds is 1. The van der Waals surface area contributed by atoms with E-state index in [1.165, 1.54) is 33.4 Å². The summed E-state index contributed by atoms with van der Waals surface area (Å²) in [6.07, 6.45) is 13.9. The van der Waals surface area contributed by atoms with Gasteiger partial charge in [-0.05, 0) is 72.3 Å². The van der Waals surface area contributed by atoms with E-state index in [2.05, 4.69) is 75.1 Å². The average Bonchev–Trinajstić information content (AvgIpc) is 2.56. The Labute approximate surface area is 139 Å². The zero-order valence-corrected chi connectivity index (χ0v) is 14.0. The molecule has 1 aromatic rings. The van der Waals surface area contributed by atoms with Crippen LogP contribution in [0.3, 0.4) is 0 Å². The van der Waals surface area contributed by atoms with E-state index in [1.807, 2.05) is 0 Å². The van der Waals surface area contributed by atoms with E-state index < -0.39 is 0 Å². The number of allylic oxidation sites excluding steroid dienone is 9. The van der Waals surface area contributed by atoms with Crippen molar-refractivity contribution in [2.24, 2.45) is 17.8 Å². The first kappa shape index (κ1) is 14.5. The van der Waals surface area contributed by atoms with E-state index in [1.54, 1.807) is 0 Å². The van der Waals surface area contributed by atoms with Crippen molar-refractivity contribution >= 4 is 5.57 Å². The Hall–Kier alpha value is -2.08. The fourth-order valence-corrected chi connectivity index (χ4v) is 4.57. The quantitative estimate of drug-likeness (QED) is 0.593. The van der Waals surface area contributed by atoms with Crippen molar-refractivity contribution < 1.29 is 0 Å². The third-order valence-electron chi connectivity index (χ3n) is 5.79. The summed E-state index contributed by atoms with van der Waals surface area (Å²) in [5.74, 6) is 1.84. The topological polar surface area (TPSA) is 0 Å². The zero-order chi connectivity index (χ0) is 16.0. The van der Waals surface area contributed by atoms with Gasteiger partial charge in [-0.15, -0.1) is 0 Å². The molecule has 3 aliphatic rings. The lowest BCUT2D eigenvalue weighted by Gasteiger charge is -2.42. The van der Waals surface area contributed by atoms with Crippen LogP contribution in [0.4, 0.5) is 0 Å². The molecule has 0 saturated heterocycles. The molecular formula is C23H24. The predicted octanol–water partition coefficient (Wildman–Crippen LogP) is 6.03. The van der Waals surface area contributed by atoms with Gasteiger partial charge in [0, 0.05) is 0 Å². The Morgan fingerprint density at radius 3 is 2.61 bits per heavy atom. The molecule has 0 spiro atoms. The minimum absolute atomic E-state index is 0.584. The Balaban J connectivity index is 1.79. The fourth-order valence-electron chi connectivity index (χ4n) is 4.57. The highest BCUT2D eigenvalue weighted by atomic mass is 14.4. The first-order chi connectivity index (χ1) is 11.1. The van der Waals surface area contributed by atoms with Crippen LogP contribution in [0, 0.1) is 24.7 Å². The van der Waals surface area contributed by atoms with E-state index in [4.69, 9.17) is 0 Å². The molecule has 1 fully saturated rings. The third kappa shape index (κ3) is 2.37. The zero-order valence-electron chi connectivity index (χ0n) is 14.0. The molecule has 23 heavy (non-hydrogen) atoms. The Kier molecular flexibility index (Phi) is 3.49. The average molecular weight is 300 g/mol. The van der Waals surface area contributed by atoms with Gasteiger partial charge in [-0.1, -0.05) is 66.8 Å². The Morgan fingerprint density at radius 2 is 1.78 bits per heavy atom. The van der Waals surface area contributed by atoms with Crippen LogP contribution in [-0.4, -0.2) is 0 Å². The van der Waals surface area contributed by atoms with Crippen molar-refractivity contribution in [1.29, 1.82) is 0 Å². The maximum atomic E-state index is 4.39. The van der Waals surface area contributed by atoms with Crippen molar-refractivity contribution in [2.75, 3.05) is 0 Å². The van der Waals surface area contributed by atoms with Gasteiger partial charge in [0.05, 0.1) is 0 Å². The molecule has 1 aromatic carbocycles. The number of hydrogen-bond acceptors (Lipinski definition) is 0. The van der Waals surface area contributed by atoms with Gasteiger partial charge >= 0.3 is 0 Å². The smallest absolute Gasteiger partial charge is 0.00497 e. The summed E-state index contributed by atoms with van der Waals surface area (Å²) in [6.45, 7) is 8.88. The van der Waals surface area contributed by atoms with Gasteiger partial charge in [0.15, 0.2) is 0 Å². The standard InChI is InChI=1S/C23H24/c1-15-8-4-6-10-19(15)22-14-23-20-11-7-5-9-18(20)12-16(2)21(23)13-17(22)3/h4-11,13,18,20,23H,2,12,14H2,1,3H3. The first-order valence-electron chi connectivity index (χ1n) is 8.65. The minimum Gasteiger partial charge on any atom is -0.0955 e. The lowest BCUT2D eigenvalue weighted by atomic mass is 9.62. The van der Waals surface area contributed by atoms with Crippen LogP contribution in [-0.2, 0) is 0 Å². The lowest BCUT2D eigenvalue weighted by Crippen LogP contribution is -2.31. The molecule has 0 heteroatoms. The van der Waals surface area contributed by atoms with Gasteiger partial charge in [-0.3, -0.25) is 0 Å². The van der Waals surface area contributed by atoms with Crippen LogP contribution in [0.1, 0.15) is 30.9 Å². The van der Waals surface area contributed by atoms with Crippen LogP contribution < -0.4 is 0 Å². The molecule has 116 valence electrons.